The number of carboxylic acids is 1. The lowest BCUT2D eigenvalue weighted by molar-refractivity contribution is -0.116. The van der Waals surface area contributed by atoms with Crippen molar-refractivity contribution in [2.24, 2.45) is 5.73 Å². The van der Waals surface area contributed by atoms with Gasteiger partial charge in [0.1, 0.15) is 0 Å². The number of nitrogens with two attached hydrogens (primary N) is 1. The summed E-state index contributed by atoms with van der Waals surface area (Å²) in [7, 11) is 0. The standard InChI is InChI=1S/C12H16N2O3/c13-8-4-3-7-11(15)14-10-6-2-1-5-9(10)12(16)17/h1-2,5-6H,3-4,7-8,13H2,(H,14,15)(H,16,17). The van der Waals surface area contributed by atoms with Crippen LogP contribution in [0.5, 0.6) is 0 Å². The number of aromatic carboxylic acids is 1. The van der Waals surface area contributed by atoms with Crippen molar-refractivity contribution in [3.05, 3.63) is 29.8 Å². The van der Waals surface area contributed by atoms with Crippen LogP contribution in [0.15, 0.2) is 24.3 Å². The summed E-state index contributed by atoms with van der Waals surface area (Å²) in [4.78, 5) is 22.4. The first-order valence-electron chi connectivity index (χ1n) is 5.47. The summed E-state index contributed by atoms with van der Waals surface area (Å²) in [5.74, 6) is -1.24. The number of benzene rings is 1. The molecule has 17 heavy (non-hydrogen) atoms. The van der Waals surface area contributed by atoms with Gasteiger partial charge in [-0.05, 0) is 31.5 Å². The number of para-hydroxylation sites is 1. The van der Waals surface area contributed by atoms with Gasteiger partial charge >= 0.3 is 5.97 Å². The average molecular weight is 236 g/mol. The lowest BCUT2D eigenvalue weighted by atomic mass is 10.1. The summed E-state index contributed by atoms with van der Waals surface area (Å²) in [5.41, 5.74) is 5.75. The van der Waals surface area contributed by atoms with E-state index in [1.54, 1.807) is 18.2 Å². The number of rotatable bonds is 6. The number of anilines is 1. The molecule has 1 aromatic carbocycles. The van der Waals surface area contributed by atoms with Crippen molar-refractivity contribution in [2.75, 3.05) is 11.9 Å². The number of unbranched alkanes of at least 4 members (excludes halogenated alkanes) is 1. The predicted octanol–water partition coefficient (Wildman–Crippen LogP) is 1.45. The largest absolute Gasteiger partial charge is 0.478 e. The summed E-state index contributed by atoms with van der Waals surface area (Å²) in [6.07, 6.45) is 1.84. The van der Waals surface area contributed by atoms with E-state index in [4.69, 9.17) is 10.8 Å². The van der Waals surface area contributed by atoms with Gasteiger partial charge in [0.05, 0.1) is 11.3 Å². The average Bonchev–Trinajstić information content (AvgIpc) is 2.29. The zero-order valence-electron chi connectivity index (χ0n) is 9.48. The molecule has 0 saturated carbocycles. The lowest BCUT2D eigenvalue weighted by Crippen LogP contribution is -2.14. The van der Waals surface area contributed by atoms with Crippen LogP contribution in [0, 0.1) is 0 Å². The Balaban J connectivity index is 2.61. The minimum atomic E-state index is -1.05. The van der Waals surface area contributed by atoms with Crippen molar-refractivity contribution in [1.82, 2.24) is 0 Å². The highest BCUT2D eigenvalue weighted by molar-refractivity contribution is 6.00. The minimum absolute atomic E-state index is 0.0969. The first kappa shape index (κ1) is 13.2. The number of carbonyl (C=O) groups is 2. The van der Waals surface area contributed by atoms with Gasteiger partial charge in [0.15, 0.2) is 0 Å². The quantitative estimate of drug-likeness (QED) is 0.652. The molecule has 4 N–H and O–H groups in total. The van der Waals surface area contributed by atoms with E-state index in [1.807, 2.05) is 0 Å². The van der Waals surface area contributed by atoms with Crippen LogP contribution in [0.2, 0.25) is 0 Å². The van der Waals surface area contributed by atoms with Gasteiger partial charge in [-0.15, -0.1) is 0 Å². The van der Waals surface area contributed by atoms with E-state index in [-0.39, 0.29) is 11.5 Å². The zero-order chi connectivity index (χ0) is 12.7. The van der Waals surface area contributed by atoms with Crippen LogP contribution < -0.4 is 11.1 Å². The van der Waals surface area contributed by atoms with Gasteiger partial charge in [-0.1, -0.05) is 12.1 Å². The van der Waals surface area contributed by atoms with E-state index < -0.39 is 5.97 Å². The lowest BCUT2D eigenvalue weighted by Gasteiger charge is -2.07. The molecule has 5 nitrogen and oxygen atoms in total. The SMILES string of the molecule is NCCCCC(=O)Nc1ccccc1C(=O)O. The molecule has 92 valence electrons. The highest BCUT2D eigenvalue weighted by Gasteiger charge is 2.10. The summed E-state index contributed by atoms with van der Waals surface area (Å²) in [6, 6.07) is 6.33. The summed E-state index contributed by atoms with van der Waals surface area (Å²) < 4.78 is 0. The Morgan fingerprint density at radius 3 is 2.59 bits per heavy atom. The maximum atomic E-state index is 11.5. The molecule has 0 radical (unpaired) electrons. The Hall–Kier alpha value is -1.88. The van der Waals surface area contributed by atoms with E-state index in [9.17, 15) is 9.59 Å². The molecule has 0 aliphatic heterocycles. The van der Waals surface area contributed by atoms with Crippen molar-refractivity contribution in [3.63, 3.8) is 0 Å². The van der Waals surface area contributed by atoms with Gasteiger partial charge in [-0.25, -0.2) is 4.79 Å². The number of nitrogens with one attached hydrogen (secondary N) is 1. The highest BCUT2D eigenvalue weighted by atomic mass is 16.4. The van der Waals surface area contributed by atoms with E-state index in [0.29, 0.717) is 25.1 Å². The summed E-state index contributed by atoms with van der Waals surface area (Å²) in [5, 5.41) is 11.5. The number of hydrogen-bond donors (Lipinski definition) is 3. The van der Waals surface area contributed by atoms with Gasteiger partial charge in [-0.3, -0.25) is 4.79 Å². The molecule has 5 heteroatoms. The van der Waals surface area contributed by atoms with Gasteiger partial charge in [-0.2, -0.15) is 0 Å². The van der Waals surface area contributed by atoms with Crippen LogP contribution >= 0.6 is 0 Å². The molecular weight excluding hydrogens is 220 g/mol. The molecular formula is C12H16N2O3. The monoisotopic (exact) mass is 236 g/mol. The van der Waals surface area contributed by atoms with Gasteiger partial charge in [0.2, 0.25) is 5.91 Å². The molecule has 1 rings (SSSR count). The summed E-state index contributed by atoms with van der Waals surface area (Å²) in [6.45, 7) is 0.555. The highest BCUT2D eigenvalue weighted by Crippen LogP contribution is 2.15. The van der Waals surface area contributed by atoms with Crippen molar-refractivity contribution in [1.29, 1.82) is 0 Å². The predicted molar refractivity (Wildman–Crippen MR) is 64.9 cm³/mol. The third kappa shape index (κ3) is 4.24. The van der Waals surface area contributed by atoms with Gasteiger partial charge in [0, 0.05) is 6.42 Å². The first-order valence-corrected chi connectivity index (χ1v) is 5.47. The van der Waals surface area contributed by atoms with Crippen molar-refractivity contribution >= 4 is 17.6 Å². The van der Waals surface area contributed by atoms with E-state index >= 15 is 0 Å². The fourth-order valence-electron chi connectivity index (χ4n) is 1.42. The first-order chi connectivity index (χ1) is 8.15. The summed E-state index contributed by atoms with van der Waals surface area (Å²) >= 11 is 0. The van der Waals surface area contributed by atoms with E-state index in [2.05, 4.69) is 5.32 Å². The van der Waals surface area contributed by atoms with Crippen LogP contribution in [-0.4, -0.2) is 23.5 Å². The second-order valence-electron chi connectivity index (χ2n) is 3.64. The van der Waals surface area contributed by atoms with Crippen LogP contribution in [0.1, 0.15) is 29.6 Å². The van der Waals surface area contributed by atoms with Crippen LogP contribution in [0.3, 0.4) is 0 Å². The number of hydrogen-bond acceptors (Lipinski definition) is 3. The molecule has 0 saturated heterocycles. The molecule has 0 aliphatic carbocycles. The number of carboxylic acid groups (broad SMARTS) is 1. The fourth-order valence-corrected chi connectivity index (χ4v) is 1.42. The minimum Gasteiger partial charge on any atom is -0.478 e. The Kier molecular flexibility index (Phi) is 5.16. The third-order valence-electron chi connectivity index (χ3n) is 2.29. The van der Waals surface area contributed by atoms with Gasteiger partial charge in [0.25, 0.3) is 0 Å². The molecule has 0 fully saturated rings. The second kappa shape index (κ2) is 6.65. The zero-order valence-corrected chi connectivity index (χ0v) is 9.48. The molecule has 0 spiro atoms. The van der Waals surface area contributed by atoms with Gasteiger partial charge < -0.3 is 16.2 Å². The number of carbonyl (C=O) groups excluding carboxylic acids is 1. The molecule has 1 aromatic rings. The Bertz CT molecular complexity index is 404. The molecule has 0 heterocycles. The molecule has 0 unspecified atom stereocenters. The maximum Gasteiger partial charge on any atom is 0.337 e. The van der Waals surface area contributed by atoms with Crippen molar-refractivity contribution in [3.8, 4) is 0 Å². The van der Waals surface area contributed by atoms with Crippen molar-refractivity contribution < 1.29 is 14.7 Å². The normalized spacial score (nSPS) is 9.94. The number of amides is 1. The van der Waals surface area contributed by atoms with Crippen molar-refractivity contribution in [2.45, 2.75) is 19.3 Å². The van der Waals surface area contributed by atoms with Crippen LogP contribution in [0.4, 0.5) is 5.69 Å². The smallest absolute Gasteiger partial charge is 0.337 e. The Morgan fingerprint density at radius 1 is 1.24 bits per heavy atom. The Labute approximate surface area is 99.6 Å². The third-order valence-corrected chi connectivity index (χ3v) is 2.29. The molecule has 1 amide bonds. The topological polar surface area (TPSA) is 92.4 Å². The molecule has 0 atom stereocenters. The van der Waals surface area contributed by atoms with Crippen LogP contribution in [0.25, 0.3) is 0 Å². The fraction of sp³-hybridized carbons (Fsp3) is 0.333. The van der Waals surface area contributed by atoms with E-state index in [1.165, 1.54) is 6.07 Å². The van der Waals surface area contributed by atoms with Crippen LogP contribution in [-0.2, 0) is 4.79 Å². The molecule has 0 aliphatic rings. The Morgan fingerprint density at radius 2 is 1.94 bits per heavy atom. The molecule has 0 aromatic heterocycles. The van der Waals surface area contributed by atoms with E-state index in [0.717, 1.165) is 6.42 Å². The second-order valence-corrected chi connectivity index (χ2v) is 3.64. The molecule has 0 bridgehead atoms. The maximum absolute atomic E-state index is 11.5.